The minimum absolute atomic E-state index is 0.387. The summed E-state index contributed by atoms with van der Waals surface area (Å²) in [5.41, 5.74) is 2.43. The van der Waals surface area contributed by atoms with Gasteiger partial charge >= 0.3 is 0 Å². The predicted molar refractivity (Wildman–Crippen MR) is 84.8 cm³/mol. The van der Waals surface area contributed by atoms with Gasteiger partial charge in [0.15, 0.2) is 0 Å². The van der Waals surface area contributed by atoms with Gasteiger partial charge in [-0.05, 0) is 25.5 Å². The zero-order valence-electron chi connectivity index (χ0n) is 13.1. The van der Waals surface area contributed by atoms with E-state index in [0.29, 0.717) is 17.5 Å². The van der Waals surface area contributed by atoms with Gasteiger partial charge in [-0.3, -0.25) is 0 Å². The SMILES string of the molecule is CC[NH+]1CCN(c2oc(-c3ccccc3C)nc2C#N)CC1. The van der Waals surface area contributed by atoms with Gasteiger partial charge in [0.05, 0.1) is 32.7 Å². The highest BCUT2D eigenvalue weighted by Gasteiger charge is 2.25. The number of piperazine rings is 1. The second kappa shape index (κ2) is 6.20. The van der Waals surface area contributed by atoms with Crippen LogP contribution in [-0.2, 0) is 0 Å². The van der Waals surface area contributed by atoms with Gasteiger partial charge in [0, 0.05) is 5.56 Å². The number of anilines is 1. The summed E-state index contributed by atoms with van der Waals surface area (Å²) in [5.74, 6) is 1.16. The standard InChI is InChI=1S/C17H20N4O/c1-3-20-8-10-21(11-9-20)17-15(12-18)19-16(22-17)14-7-5-4-6-13(14)2/h4-7H,3,8-11H2,1-2H3/p+1. The lowest BCUT2D eigenvalue weighted by atomic mass is 10.1. The molecule has 1 aliphatic rings. The minimum Gasteiger partial charge on any atom is -0.419 e. The molecule has 5 nitrogen and oxygen atoms in total. The first-order valence-corrected chi connectivity index (χ1v) is 7.78. The molecule has 1 fully saturated rings. The summed E-state index contributed by atoms with van der Waals surface area (Å²) >= 11 is 0. The predicted octanol–water partition coefficient (Wildman–Crippen LogP) is 1.25. The molecule has 3 rings (SSSR count). The van der Waals surface area contributed by atoms with E-state index in [0.717, 1.165) is 43.9 Å². The van der Waals surface area contributed by atoms with Crippen molar-refractivity contribution in [3.63, 3.8) is 0 Å². The lowest BCUT2D eigenvalue weighted by Gasteiger charge is -2.31. The largest absolute Gasteiger partial charge is 0.419 e. The topological polar surface area (TPSA) is 57.5 Å². The number of quaternary nitrogens is 1. The second-order valence-corrected chi connectivity index (χ2v) is 5.69. The molecule has 5 heteroatoms. The Balaban J connectivity index is 1.90. The molecule has 1 aromatic heterocycles. The van der Waals surface area contributed by atoms with Crippen molar-refractivity contribution in [3.8, 4) is 17.5 Å². The lowest BCUT2D eigenvalue weighted by Crippen LogP contribution is -3.14. The maximum Gasteiger partial charge on any atom is 0.235 e. The molecule has 1 saturated heterocycles. The molecule has 0 atom stereocenters. The summed E-state index contributed by atoms with van der Waals surface area (Å²) in [4.78, 5) is 8.13. The van der Waals surface area contributed by atoms with E-state index in [9.17, 15) is 5.26 Å². The Morgan fingerprint density at radius 2 is 2.05 bits per heavy atom. The number of hydrogen-bond acceptors (Lipinski definition) is 4. The van der Waals surface area contributed by atoms with Crippen molar-refractivity contribution >= 4 is 5.88 Å². The van der Waals surface area contributed by atoms with E-state index in [1.54, 1.807) is 4.90 Å². The van der Waals surface area contributed by atoms with E-state index in [-0.39, 0.29) is 0 Å². The number of rotatable bonds is 3. The molecular weight excluding hydrogens is 276 g/mol. The average molecular weight is 297 g/mol. The van der Waals surface area contributed by atoms with Crippen molar-refractivity contribution < 1.29 is 9.32 Å². The van der Waals surface area contributed by atoms with Crippen LogP contribution in [0.2, 0.25) is 0 Å². The van der Waals surface area contributed by atoms with Crippen molar-refractivity contribution in [3.05, 3.63) is 35.5 Å². The van der Waals surface area contributed by atoms with Crippen LogP contribution in [0, 0.1) is 18.3 Å². The fourth-order valence-corrected chi connectivity index (χ4v) is 2.91. The van der Waals surface area contributed by atoms with Gasteiger partial charge in [-0.15, -0.1) is 0 Å². The van der Waals surface area contributed by atoms with E-state index < -0.39 is 0 Å². The maximum atomic E-state index is 9.37. The third-order valence-corrected chi connectivity index (χ3v) is 4.35. The Kier molecular flexibility index (Phi) is 4.12. The number of oxazole rings is 1. The Morgan fingerprint density at radius 1 is 1.32 bits per heavy atom. The smallest absolute Gasteiger partial charge is 0.235 e. The van der Waals surface area contributed by atoms with Crippen LogP contribution in [0.15, 0.2) is 28.7 Å². The Bertz CT molecular complexity index is 693. The monoisotopic (exact) mass is 297 g/mol. The number of nitriles is 1. The number of hydrogen-bond donors (Lipinski definition) is 1. The molecule has 0 amide bonds. The van der Waals surface area contributed by atoms with Crippen molar-refractivity contribution in [2.45, 2.75) is 13.8 Å². The molecule has 0 spiro atoms. The van der Waals surface area contributed by atoms with Crippen LogP contribution in [0.1, 0.15) is 18.2 Å². The van der Waals surface area contributed by atoms with E-state index in [2.05, 4.69) is 22.9 Å². The van der Waals surface area contributed by atoms with Gasteiger partial charge in [0.2, 0.25) is 17.5 Å². The summed E-state index contributed by atoms with van der Waals surface area (Å²) in [6.07, 6.45) is 0. The highest BCUT2D eigenvalue weighted by atomic mass is 16.4. The van der Waals surface area contributed by atoms with Crippen molar-refractivity contribution in [1.29, 1.82) is 5.26 Å². The second-order valence-electron chi connectivity index (χ2n) is 5.69. The van der Waals surface area contributed by atoms with E-state index in [4.69, 9.17) is 4.42 Å². The molecule has 1 aliphatic heterocycles. The summed E-state index contributed by atoms with van der Waals surface area (Å²) in [7, 11) is 0. The zero-order valence-corrected chi connectivity index (χ0v) is 13.1. The van der Waals surface area contributed by atoms with Crippen LogP contribution >= 0.6 is 0 Å². The Hall–Kier alpha value is -2.32. The van der Waals surface area contributed by atoms with Crippen molar-refractivity contribution in [2.24, 2.45) is 0 Å². The molecule has 0 unspecified atom stereocenters. The molecule has 0 bridgehead atoms. The lowest BCUT2D eigenvalue weighted by molar-refractivity contribution is -0.898. The first kappa shape index (κ1) is 14.6. The molecule has 1 aromatic carbocycles. The number of aromatic nitrogens is 1. The van der Waals surface area contributed by atoms with E-state index in [1.165, 1.54) is 0 Å². The maximum absolute atomic E-state index is 9.37. The van der Waals surface area contributed by atoms with Gasteiger partial charge in [-0.25, -0.2) is 0 Å². The normalized spacial score (nSPS) is 15.8. The van der Waals surface area contributed by atoms with Crippen LogP contribution in [-0.4, -0.2) is 37.7 Å². The van der Waals surface area contributed by atoms with Gasteiger partial charge in [0.1, 0.15) is 6.07 Å². The van der Waals surface area contributed by atoms with Crippen LogP contribution < -0.4 is 9.80 Å². The Labute approximate surface area is 130 Å². The van der Waals surface area contributed by atoms with Crippen LogP contribution in [0.5, 0.6) is 0 Å². The van der Waals surface area contributed by atoms with Gasteiger partial charge in [0.25, 0.3) is 0 Å². The molecule has 114 valence electrons. The highest BCUT2D eigenvalue weighted by Crippen LogP contribution is 2.29. The number of nitrogens with one attached hydrogen (secondary N) is 1. The third kappa shape index (κ3) is 2.70. The van der Waals surface area contributed by atoms with E-state index in [1.807, 2.05) is 31.2 Å². The van der Waals surface area contributed by atoms with Crippen LogP contribution in [0.3, 0.4) is 0 Å². The summed E-state index contributed by atoms with van der Waals surface area (Å²) in [6, 6.07) is 10.1. The molecule has 2 aromatic rings. The number of benzene rings is 1. The van der Waals surface area contributed by atoms with Crippen molar-refractivity contribution in [2.75, 3.05) is 37.6 Å². The quantitative estimate of drug-likeness (QED) is 0.926. The molecule has 0 aliphatic carbocycles. The van der Waals surface area contributed by atoms with Crippen molar-refractivity contribution in [1.82, 2.24) is 4.98 Å². The van der Waals surface area contributed by atoms with E-state index >= 15 is 0 Å². The van der Waals surface area contributed by atoms with Crippen LogP contribution in [0.4, 0.5) is 5.88 Å². The fourth-order valence-electron chi connectivity index (χ4n) is 2.91. The molecule has 1 N–H and O–H groups in total. The number of likely N-dealkylation sites (N-methyl/N-ethyl adjacent to an activating group) is 1. The first-order chi connectivity index (χ1) is 10.7. The fraction of sp³-hybridized carbons (Fsp3) is 0.412. The number of nitrogens with zero attached hydrogens (tertiary/aromatic N) is 3. The number of aryl methyl sites for hydroxylation is 1. The van der Waals surface area contributed by atoms with Crippen LogP contribution in [0.25, 0.3) is 11.5 Å². The average Bonchev–Trinajstić information content (AvgIpc) is 2.99. The zero-order chi connectivity index (χ0) is 15.5. The first-order valence-electron chi connectivity index (χ1n) is 7.78. The summed E-state index contributed by atoms with van der Waals surface area (Å²) < 4.78 is 5.96. The minimum atomic E-state index is 0.387. The summed E-state index contributed by atoms with van der Waals surface area (Å²) in [5, 5.41) is 9.37. The molecule has 22 heavy (non-hydrogen) atoms. The Morgan fingerprint density at radius 3 is 2.68 bits per heavy atom. The van der Waals surface area contributed by atoms with Gasteiger partial charge < -0.3 is 14.2 Å². The molecule has 0 radical (unpaired) electrons. The third-order valence-electron chi connectivity index (χ3n) is 4.35. The van der Waals surface area contributed by atoms with Gasteiger partial charge in [-0.2, -0.15) is 10.2 Å². The highest BCUT2D eigenvalue weighted by molar-refractivity contribution is 5.62. The molecule has 0 saturated carbocycles. The molecular formula is C17H21N4O+. The molecule has 2 heterocycles. The summed E-state index contributed by atoms with van der Waals surface area (Å²) in [6.45, 7) is 9.32. The van der Waals surface area contributed by atoms with Gasteiger partial charge in [-0.1, -0.05) is 18.2 Å².